The van der Waals surface area contributed by atoms with E-state index in [1.165, 1.54) is 6.07 Å². The van der Waals surface area contributed by atoms with Crippen LogP contribution in [0.25, 0.3) is 28.2 Å². The van der Waals surface area contributed by atoms with Gasteiger partial charge in [0, 0.05) is 19.0 Å². The molecule has 166 valence electrons. The Hall–Kier alpha value is -3.27. The SMILES string of the molecule is CN1CCC(C2CC=C(n3c(-c4cccnc4N)nc4ccc(C(F)(F)F)nc43)C=N2)C1. The summed E-state index contributed by atoms with van der Waals surface area (Å²) in [5.41, 5.74) is 6.68. The first kappa shape index (κ1) is 20.6. The molecule has 3 aromatic heterocycles. The molecule has 2 aliphatic rings. The molecular weight excluding hydrogens is 419 g/mol. The largest absolute Gasteiger partial charge is 0.433 e. The normalized spacial score (nSPS) is 21.9. The number of likely N-dealkylation sites (tertiary alicyclic amines) is 1. The molecular formula is C22H22F3N7. The van der Waals surface area contributed by atoms with Gasteiger partial charge in [0.15, 0.2) is 11.5 Å². The maximum absolute atomic E-state index is 13.4. The standard InChI is InChI=1S/C22H22F3N7/c1-31-10-8-13(12-31)16-5-4-14(11-28-16)32-20(15-3-2-9-27-19(15)26)29-17-6-7-18(22(23,24)25)30-21(17)32/h2-4,6-7,9,11,13,16H,5,8,10,12H2,1H3,(H2,26,27). The highest BCUT2D eigenvalue weighted by atomic mass is 19.4. The zero-order chi connectivity index (χ0) is 22.5. The smallest absolute Gasteiger partial charge is 0.383 e. The van der Waals surface area contributed by atoms with E-state index in [-0.39, 0.29) is 17.5 Å². The van der Waals surface area contributed by atoms with Crippen LogP contribution in [0.1, 0.15) is 18.5 Å². The number of anilines is 1. The van der Waals surface area contributed by atoms with E-state index >= 15 is 0 Å². The number of nitrogen functional groups attached to an aromatic ring is 1. The number of hydrogen-bond acceptors (Lipinski definition) is 6. The fourth-order valence-electron chi connectivity index (χ4n) is 4.42. The minimum Gasteiger partial charge on any atom is -0.383 e. The Balaban J connectivity index is 1.62. The van der Waals surface area contributed by atoms with Gasteiger partial charge in [0.1, 0.15) is 17.0 Å². The van der Waals surface area contributed by atoms with E-state index < -0.39 is 11.9 Å². The quantitative estimate of drug-likeness (QED) is 0.670. The van der Waals surface area contributed by atoms with Gasteiger partial charge in [0.25, 0.3) is 0 Å². The van der Waals surface area contributed by atoms with E-state index in [1.807, 2.05) is 6.08 Å². The monoisotopic (exact) mass is 441 g/mol. The average Bonchev–Trinajstić information content (AvgIpc) is 3.36. The van der Waals surface area contributed by atoms with E-state index in [1.54, 1.807) is 29.1 Å². The minimum absolute atomic E-state index is 0.106. The number of aromatic nitrogens is 4. The lowest BCUT2D eigenvalue weighted by molar-refractivity contribution is -0.141. The predicted molar refractivity (Wildman–Crippen MR) is 117 cm³/mol. The minimum atomic E-state index is -4.56. The van der Waals surface area contributed by atoms with Crippen LogP contribution in [-0.4, -0.2) is 56.8 Å². The maximum atomic E-state index is 13.4. The van der Waals surface area contributed by atoms with Crippen LogP contribution in [-0.2, 0) is 6.18 Å². The number of aliphatic imine (C=N–C) groups is 1. The topological polar surface area (TPSA) is 85.2 Å². The van der Waals surface area contributed by atoms with Crippen molar-refractivity contribution in [1.82, 2.24) is 24.4 Å². The van der Waals surface area contributed by atoms with Crippen molar-refractivity contribution in [2.75, 3.05) is 25.9 Å². The van der Waals surface area contributed by atoms with E-state index in [9.17, 15) is 13.2 Å². The molecule has 0 amide bonds. The zero-order valence-corrected chi connectivity index (χ0v) is 17.4. The summed E-state index contributed by atoms with van der Waals surface area (Å²) < 4.78 is 41.7. The number of hydrogen-bond donors (Lipinski definition) is 1. The van der Waals surface area contributed by atoms with Crippen molar-refractivity contribution in [2.45, 2.75) is 25.1 Å². The van der Waals surface area contributed by atoms with Crippen molar-refractivity contribution in [3.63, 3.8) is 0 Å². The molecule has 2 N–H and O–H groups in total. The van der Waals surface area contributed by atoms with Gasteiger partial charge in [-0.05, 0) is 56.6 Å². The first-order valence-electron chi connectivity index (χ1n) is 10.4. The van der Waals surface area contributed by atoms with Gasteiger partial charge in [-0.3, -0.25) is 9.56 Å². The van der Waals surface area contributed by atoms with Crippen LogP contribution in [0, 0.1) is 5.92 Å². The molecule has 2 unspecified atom stereocenters. The molecule has 3 aromatic rings. The third kappa shape index (κ3) is 3.64. The summed E-state index contributed by atoms with van der Waals surface area (Å²) in [6.07, 6.45) is 2.48. The molecule has 5 heterocycles. The summed E-state index contributed by atoms with van der Waals surface area (Å²) in [4.78, 5) is 19.6. The molecule has 0 saturated carbocycles. The van der Waals surface area contributed by atoms with Crippen molar-refractivity contribution in [3.8, 4) is 11.4 Å². The van der Waals surface area contributed by atoms with E-state index in [4.69, 9.17) is 10.7 Å². The molecule has 0 aromatic carbocycles. The van der Waals surface area contributed by atoms with Gasteiger partial charge < -0.3 is 10.6 Å². The van der Waals surface area contributed by atoms with Crippen LogP contribution in [0.3, 0.4) is 0 Å². The Bertz CT molecular complexity index is 1230. The van der Waals surface area contributed by atoms with Crippen molar-refractivity contribution >= 4 is 28.9 Å². The summed E-state index contributed by atoms with van der Waals surface area (Å²) in [6, 6.07) is 5.87. The second kappa shape index (κ2) is 7.70. The Morgan fingerprint density at radius 2 is 2.00 bits per heavy atom. The fraction of sp³-hybridized carbons (Fsp3) is 0.364. The van der Waals surface area contributed by atoms with Gasteiger partial charge >= 0.3 is 6.18 Å². The van der Waals surface area contributed by atoms with Crippen LogP contribution >= 0.6 is 0 Å². The highest BCUT2D eigenvalue weighted by molar-refractivity contribution is 6.06. The van der Waals surface area contributed by atoms with E-state index in [2.05, 4.69) is 26.9 Å². The molecule has 2 atom stereocenters. The fourth-order valence-corrected chi connectivity index (χ4v) is 4.42. The molecule has 32 heavy (non-hydrogen) atoms. The molecule has 1 saturated heterocycles. The Kier molecular flexibility index (Phi) is 4.96. The van der Waals surface area contributed by atoms with Gasteiger partial charge in [0.2, 0.25) is 0 Å². The Labute approximate surface area is 182 Å². The lowest BCUT2D eigenvalue weighted by atomic mass is 9.95. The molecule has 0 bridgehead atoms. The number of allylic oxidation sites excluding steroid dienone is 1. The average molecular weight is 441 g/mol. The van der Waals surface area contributed by atoms with Crippen LogP contribution in [0.2, 0.25) is 0 Å². The highest BCUT2D eigenvalue weighted by Crippen LogP contribution is 2.34. The molecule has 7 nitrogen and oxygen atoms in total. The third-order valence-corrected chi connectivity index (χ3v) is 6.07. The van der Waals surface area contributed by atoms with Gasteiger partial charge in [-0.2, -0.15) is 13.2 Å². The number of nitrogens with two attached hydrogens (primary N) is 1. The van der Waals surface area contributed by atoms with Gasteiger partial charge in [-0.15, -0.1) is 0 Å². The van der Waals surface area contributed by atoms with Gasteiger partial charge in [0.05, 0.1) is 17.3 Å². The second-order valence-corrected chi connectivity index (χ2v) is 8.27. The number of alkyl halides is 3. The summed E-state index contributed by atoms with van der Waals surface area (Å²) in [5.74, 6) is 1.09. The molecule has 0 radical (unpaired) electrons. The molecule has 0 aliphatic carbocycles. The zero-order valence-electron chi connectivity index (χ0n) is 17.4. The van der Waals surface area contributed by atoms with Crippen molar-refractivity contribution in [3.05, 3.63) is 42.2 Å². The van der Waals surface area contributed by atoms with Gasteiger partial charge in [-0.25, -0.2) is 15.0 Å². The number of imidazole rings is 1. The van der Waals surface area contributed by atoms with E-state index in [0.717, 1.165) is 25.6 Å². The number of rotatable bonds is 3. The first-order chi connectivity index (χ1) is 15.3. The molecule has 0 spiro atoms. The van der Waals surface area contributed by atoms with Crippen LogP contribution in [0.5, 0.6) is 0 Å². The van der Waals surface area contributed by atoms with Crippen LogP contribution in [0.4, 0.5) is 19.0 Å². The molecule has 2 aliphatic heterocycles. The maximum Gasteiger partial charge on any atom is 0.433 e. The number of dihydropyridines is 1. The van der Waals surface area contributed by atoms with Crippen LogP contribution < -0.4 is 5.73 Å². The van der Waals surface area contributed by atoms with E-state index in [0.29, 0.717) is 34.9 Å². The number of pyridine rings is 2. The van der Waals surface area contributed by atoms with Gasteiger partial charge in [-0.1, -0.05) is 6.08 Å². The Morgan fingerprint density at radius 1 is 1.16 bits per heavy atom. The summed E-state index contributed by atoms with van der Waals surface area (Å²) in [6.45, 7) is 2.04. The Morgan fingerprint density at radius 3 is 2.66 bits per heavy atom. The van der Waals surface area contributed by atoms with Crippen molar-refractivity contribution in [1.29, 1.82) is 0 Å². The number of fused-ring (bicyclic) bond motifs is 1. The number of halogens is 3. The first-order valence-corrected chi connectivity index (χ1v) is 10.4. The second-order valence-electron chi connectivity index (χ2n) is 8.27. The summed E-state index contributed by atoms with van der Waals surface area (Å²) >= 11 is 0. The van der Waals surface area contributed by atoms with Crippen molar-refractivity contribution in [2.24, 2.45) is 10.9 Å². The molecule has 5 rings (SSSR count). The third-order valence-electron chi connectivity index (χ3n) is 6.07. The van der Waals surface area contributed by atoms with Crippen molar-refractivity contribution < 1.29 is 13.2 Å². The lowest BCUT2D eigenvalue weighted by Crippen LogP contribution is -2.24. The summed E-state index contributed by atoms with van der Waals surface area (Å²) in [7, 11) is 2.10. The predicted octanol–water partition coefficient (Wildman–Crippen LogP) is 3.73. The lowest BCUT2D eigenvalue weighted by Gasteiger charge is -2.22. The molecule has 10 heteroatoms. The number of nitrogens with zero attached hydrogens (tertiary/aromatic N) is 6. The summed E-state index contributed by atoms with van der Waals surface area (Å²) in [5, 5.41) is 0. The van der Waals surface area contributed by atoms with Crippen LogP contribution in [0.15, 0.2) is 41.5 Å². The molecule has 1 fully saturated rings. The highest BCUT2D eigenvalue weighted by Gasteiger charge is 2.34.